The third kappa shape index (κ3) is 2.81. The summed E-state index contributed by atoms with van der Waals surface area (Å²) in [5.41, 5.74) is 0.189. The van der Waals surface area contributed by atoms with Crippen molar-refractivity contribution in [2.24, 2.45) is 0 Å². The molecule has 0 bridgehead atoms. The number of sulfonamides is 1. The molecule has 0 unspecified atom stereocenters. The van der Waals surface area contributed by atoms with Crippen molar-refractivity contribution in [3.8, 4) is 0 Å². The van der Waals surface area contributed by atoms with Crippen molar-refractivity contribution in [3.63, 3.8) is 0 Å². The lowest BCUT2D eigenvalue weighted by atomic mass is 10.2. The molecule has 0 atom stereocenters. The minimum absolute atomic E-state index is 0.00172. The topological polar surface area (TPSA) is 66.1 Å². The van der Waals surface area contributed by atoms with E-state index in [0.29, 0.717) is 0 Å². The van der Waals surface area contributed by atoms with E-state index in [1.165, 1.54) is 28.7 Å². The maximum absolute atomic E-state index is 13.9. The molecule has 21 heavy (non-hydrogen) atoms. The maximum Gasteiger partial charge on any atom is 0.260 e. The fraction of sp³-hybridized carbons (Fsp3) is 0.308. The van der Waals surface area contributed by atoms with Crippen LogP contribution in [0.25, 0.3) is 0 Å². The van der Waals surface area contributed by atoms with Gasteiger partial charge in [0.15, 0.2) is 5.03 Å². The van der Waals surface area contributed by atoms with Crippen LogP contribution in [0.1, 0.15) is 18.4 Å². The second-order valence-corrected chi connectivity index (χ2v) is 7.17. The van der Waals surface area contributed by atoms with Gasteiger partial charge in [-0.25, -0.2) is 12.8 Å². The number of H-pyrrole nitrogens is 1. The molecule has 1 heterocycles. The minimum Gasteiger partial charge on any atom is -0.266 e. The van der Waals surface area contributed by atoms with E-state index in [1.807, 2.05) is 0 Å². The Morgan fingerprint density at radius 2 is 2.14 bits per heavy atom. The van der Waals surface area contributed by atoms with Gasteiger partial charge in [-0.1, -0.05) is 17.7 Å². The molecule has 0 aliphatic heterocycles. The van der Waals surface area contributed by atoms with Gasteiger partial charge in [0.1, 0.15) is 5.82 Å². The molecule has 0 saturated heterocycles. The first-order valence-electron chi connectivity index (χ1n) is 6.44. The molecule has 112 valence electrons. The van der Waals surface area contributed by atoms with Crippen molar-refractivity contribution in [2.45, 2.75) is 30.5 Å². The molecular formula is C13H13ClFN3O2S. The summed E-state index contributed by atoms with van der Waals surface area (Å²) in [7, 11) is -3.74. The molecule has 1 aromatic carbocycles. The standard InChI is InChI=1S/C13H13ClFN3O2S/c14-11-2-1-3-12(15)10(11)8-18(9-4-5-9)21(19,20)13-6-7-16-17-13/h1-3,6-7,9H,4-5,8H2,(H,16,17). The number of nitrogens with one attached hydrogen (secondary N) is 1. The van der Waals surface area contributed by atoms with Crippen molar-refractivity contribution in [1.29, 1.82) is 0 Å². The second kappa shape index (κ2) is 5.40. The third-order valence-electron chi connectivity index (χ3n) is 3.39. The summed E-state index contributed by atoms with van der Waals surface area (Å²) in [6.45, 7) is -0.0858. The highest BCUT2D eigenvalue weighted by atomic mass is 35.5. The van der Waals surface area contributed by atoms with E-state index in [-0.39, 0.29) is 28.2 Å². The van der Waals surface area contributed by atoms with Gasteiger partial charge in [0, 0.05) is 23.2 Å². The van der Waals surface area contributed by atoms with Gasteiger partial charge in [0.25, 0.3) is 10.0 Å². The lowest BCUT2D eigenvalue weighted by molar-refractivity contribution is 0.390. The van der Waals surface area contributed by atoms with Crippen LogP contribution in [0.2, 0.25) is 5.02 Å². The minimum atomic E-state index is -3.74. The first-order chi connectivity index (χ1) is 10.00. The summed E-state index contributed by atoms with van der Waals surface area (Å²) in [6.07, 6.45) is 2.90. The van der Waals surface area contributed by atoms with Gasteiger partial charge in [0.2, 0.25) is 0 Å². The number of hydrogen-bond acceptors (Lipinski definition) is 3. The van der Waals surface area contributed by atoms with E-state index in [2.05, 4.69) is 10.2 Å². The molecule has 1 aromatic heterocycles. The number of aromatic nitrogens is 2. The number of aromatic amines is 1. The summed E-state index contributed by atoms with van der Waals surface area (Å²) in [6, 6.07) is 5.58. The van der Waals surface area contributed by atoms with Gasteiger partial charge in [-0.05, 0) is 31.0 Å². The van der Waals surface area contributed by atoms with Gasteiger partial charge in [-0.2, -0.15) is 9.40 Å². The van der Waals surface area contributed by atoms with E-state index < -0.39 is 15.8 Å². The van der Waals surface area contributed by atoms with Gasteiger partial charge < -0.3 is 0 Å². The summed E-state index contributed by atoms with van der Waals surface area (Å²) in [5.74, 6) is -0.507. The Morgan fingerprint density at radius 3 is 2.71 bits per heavy atom. The highest BCUT2D eigenvalue weighted by Gasteiger charge is 2.39. The highest BCUT2D eigenvalue weighted by molar-refractivity contribution is 7.89. The lowest BCUT2D eigenvalue weighted by Gasteiger charge is -2.21. The lowest BCUT2D eigenvalue weighted by Crippen LogP contribution is -2.33. The quantitative estimate of drug-likeness (QED) is 0.916. The zero-order chi connectivity index (χ0) is 15.0. The van der Waals surface area contributed by atoms with Crippen LogP contribution in [-0.2, 0) is 16.6 Å². The predicted octanol–water partition coefficient (Wildman–Crippen LogP) is 2.56. The van der Waals surface area contributed by atoms with Gasteiger partial charge in [0.05, 0.1) is 6.20 Å². The molecule has 8 heteroatoms. The van der Waals surface area contributed by atoms with E-state index in [9.17, 15) is 12.8 Å². The van der Waals surface area contributed by atoms with Crippen LogP contribution >= 0.6 is 11.6 Å². The first kappa shape index (κ1) is 14.5. The Morgan fingerprint density at radius 1 is 1.38 bits per heavy atom. The Labute approximate surface area is 126 Å². The number of hydrogen-bond donors (Lipinski definition) is 1. The molecule has 0 radical (unpaired) electrons. The Hall–Kier alpha value is -1.44. The van der Waals surface area contributed by atoms with Crippen molar-refractivity contribution >= 4 is 21.6 Å². The molecular weight excluding hydrogens is 317 g/mol. The van der Waals surface area contributed by atoms with Crippen LogP contribution in [0.15, 0.2) is 35.5 Å². The molecule has 1 aliphatic carbocycles. The fourth-order valence-electron chi connectivity index (χ4n) is 2.13. The zero-order valence-corrected chi connectivity index (χ0v) is 12.5. The van der Waals surface area contributed by atoms with Crippen LogP contribution in [0.4, 0.5) is 4.39 Å². The average molecular weight is 330 g/mol. The Balaban J connectivity index is 1.97. The smallest absolute Gasteiger partial charge is 0.260 e. The molecule has 1 aliphatic rings. The fourth-order valence-corrected chi connectivity index (χ4v) is 3.90. The number of nitrogens with zero attached hydrogens (tertiary/aromatic N) is 2. The summed E-state index contributed by atoms with van der Waals surface area (Å²) in [5, 5.41) is 6.34. The van der Waals surface area contributed by atoms with Crippen LogP contribution in [0, 0.1) is 5.82 Å². The molecule has 1 fully saturated rings. The van der Waals surface area contributed by atoms with Crippen LogP contribution in [0.3, 0.4) is 0 Å². The van der Waals surface area contributed by atoms with E-state index in [4.69, 9.17) is 11.6 Å². The molecule has 1 saturated carbocycles. The second-order valence-electron chi connectivity index (χ2n) is 4.90. The third-order valence-corrected chi connectivity index (χ3v) is 5.57. The van der Waals surface area contributed by atoms with Gasteiger partial charge >= 0.3 is 0 Å². The molecule has 1 N–H and O–H groups in total. The van der Waals surface area contributed by atoms with Crippen molar-refractivity contribution in [3.05, 3.63) is 46.9 Å². The summed E-state index contributed by atoms with van der Waals surface area (Å²) in [4.78, 5) is 0. The summed E-state index contributed by atoms with van der Waals surface area (Å²) < 4.78 is 40.4. The normalized spacial score (nSPS) is 15.6. The molecule has 3 rings (SSSR count). The zero-order valence-electron chi connectivity index (χ0n) is 11.0. The van der Waals surface area contributed by atoms with Crippen LogP contribution in [-0.4, -0.2) is 29.0 Å². The van der Waals surface area contributed by atoms with E-state index in [1.54, 1.807) is 6.07 Å². The van der Waals surface area contributed by atoms with Gasteiger partial charge in [-0.3, -0.25) is 5.10 Å². The molecule has 0 spiro atoms. The SMILES string of the molecule is O=S(=O)(c1ccn[nH]1)N(Cc1c(F)cccc1Cl)C1CC1. The monoisotopic (exact) mass is 329 g/mol. The number of halogens is 2. The Kier molecular flexibility index (Phi) is 3.73. The number of benzene rings is 1. The average Bonchev–Trinajstić information content (AvgIpc) is 3.10. The number of rotatable bonds is 5. The van der Waals surface area contributed by atoms with Crippen molar-refractivity contribution in [2.75, 3.05) is 0 Å². The van der Waals surface area contributed by atoms with Crippen LogP contribution in [0.5, 0.6) is 0 Å². The molecule has 0 amide bonds. The van der Waals surface area contributed by atoms with Gasteiger partial charge in [-0.15, -0.1) is 0 Å². The molecule has 2 aromatic rings. The first-order valence-corrected chi connectivity index (χ1v) is 8.26. The van der Waals surface area contributed by atoms with Crippen LogP contribution < -0.4 is 0 Å². The van der Waals surface area contributed by atoms with Crippen molar-refractivity contribution < 1.29 is 12.8 Å². The maximum atomic E-state index is 13.9. The Bertz CT molecular complexity index is 725. The largest absolute Gasteiger partial charge is 0.266 e. The van der Waals surface area contributed by atoms with E-state index >= 15 is 0 Å². The van der Waals surface area contributed by atoms with E-state index in [0.717, 1.165) is 12.8 Å². The van der Waals surface area contributed by atoms with Crippen molar-refractivity contribution in [1.82, 2.24) is 14.5 Å². The molecule has 5 nitrogen and oxygen atoms in total. The predicted molar refractivity (Wildman–Crippen MR) is 75.7 cm³/mol. The highest BCUT2D eigenvalue weighted by Crippen LogP contribution is 2.34. The summed E-state index contributed by atoms with van der Waals surface area (Å²) >= 11 is 5.99.